The van der Waals surface area contributed by atoms with Gasteiger partial charge in [0.1, 0.15) is 0 Å². The van der Waals surface area contributed by atoms with Crippen molar-refractivity contribution in [3.63, 3.8) is 0 Å². The molecule has 4 heterocycles. The van der Waals surface area contributed by atoms with Crippen molar-refractivity contribution in [2.24, 2.45) is 7.05 Å². The number of amides is 2. The Labute approximate surface area is 179 Å². The van der Waals surface area contributed by atoms with Gasteiger partial charge in [-0.05, 0) is 24.3 Å². The first-order valence-corrected chi connectivity index (χ1v) is 10.4. The monoisotopic (exact) mass is 458 g/mol. The topological polar surface area (TPSA) is 95.7 Å². The molecule has 2 aliphatic heterocycles. The summed E-state index contributed by atoms with van der Waals surface area (Å²) < 4.78 is 33.4. The molecule has 2 saturated heterocycles. The lowest BCUT2D eigenvalue weighted by atomic mass is 9.95. The molecule has 1 N–H and O–H groups in total. The van der Waals surface area contributed by atoms with Crippen molar-refractivity contribution in [1.82, 2.24) is 14.7 Å². The van der Waals surface area contributed by atoms with E-state index in [2.05, 4.69) is 5.10 Å². The fourth-order valence-electron chi connectivity index (χ4n) is 3.91. The predicted molar refractivity (Wildman–Crippen MR) is 106 cm³/mol. The number of hydrogen-bond acceptors (Lipinski definition) is 5. The molecule has 2 aliphatic rings. The summed E-state index contributed by atoms with van der Waals surface area (Å²) in [5.41, 5.74) is 0.838. The van der Waals surface area contributed by atoms with Gasteiger partial charge in [0, 0.05) is 31.1 Å². The Morgan fingerprint density at radius 1 is 1.29 bits per heavy atom. The number of rotatable bonds is 3. The minimum atomic E-state index is -5.08. The minimum Gasteiger partial charge on any atom is -0.475 e. The first-order valence-electron chi connectivity index (χ1n) is 9.50. The van der Waals surface area contributed by atoms with E-state index >= 15 is 0 Å². The van der Waals surface area contributed by atoms with Gasteiger partial charge in [-0.1, -0.05) is 6.07 Å². The second-order valence-electron chi connectivity index (χ2n) is 7.24. The number of aliphatic carboxylic acids is 1. The van der Waals surface area contributed by atoms with Gasteiger partial charge in [0.15, 0.2) is 0 Å². The van der Waals surface area contributed by atoms with Crippen molar-refractivity contribution >= 4 is 34.8 Å². The highest BCUT2D eigenvalue weighted by Gasteiger charge is 2.45. The number of nitrogens with zero attached hydrogens (tertiary/aromatic N) is 4. The van der Waals surface area contributed by atoms with E-state index in [0.29, 0.717) is 12.8 Å². The number of anilines is 1. The second kappa shape index (κ2) is 9.08. The number of hydrogen-bond donors (Lipinski definition) is 1. The molecule has 12 heteroatoms. The molecule has 0 radical (unpaired) electrons. The number of alkyl halides is 3. The smallest absolute Gasteiger partial charge is 0.475 e. The van der Waals surface area contributed by atoms with Crippen LogP contribution in [-0.2, 0) is 27.9 Å². The number of likely N-dealkylation sites (tertiary alicyclic amines) is 1. The lowest BCUT2D eigenvalue weighted by Gasteiger charge is -2.39. The number of piperidine rings is 1. The van der Waals surface area contributed by atoms with Gasteiger partial charge >= 0.3 is 12.1 Å². The number of carboxylic acids is 1. The van der Waals surface area contributed by atoms with Crippen molar-refractivity contribution in [1.29, 1.82) is 0 Å². The number of carbonyl (C=O) groups excluding carboxylic acids is 2. The Bertz CT molecular complexity index is 944. The maximum atomic E-state index is 12.7. The van der Waals surface area contributed by atoms with Crippen LogP contribution < -0.4 is 4.90 Å². The molecule has 8 nitrogen and oxygen atoms in total. The molecule has 168 valence electrons. The molecule has 0 unspecified atom stereocenters. The number of carboxylic acid groups (broad SMARTS) is 1. The van der Waals surface area contributed by atoms with Crippen LogP contribution in [0.2, 0.25) is 0 Å². The van der Waals surface area contributed by atoms with E-state index in [-0.39, 0.29) is 23.9 Å². The highest BCUT2D eigenvalue weighted by Crippen LogP contribution is 2.35. The van der Waals surface area contributed by atoms with Crippen LogP contribution in [-0.4, -0.2) is 62.4 Å². The Morgan fingerprint density at radius 2 is 2.00 bits per heavy atom. The number of halogens is 3. The van der Waals surface area contributed by atoms with Crippen LogP contribution in [0.1, 0.15) is 24.1 Å². The third-order valence-electron chi connectivity index (χ3n) is 5.20. The Balaban J connectivity index is 0.000000339. The minimum absolute atomic E-state index is 0.0720. The number of aryl methyl sites for hydroxylation is 1. The fraction of sp³-hybridized carbons (Fsp3) is 0.474. The summed E-state index contributed by atoms with van der Waals surface area (Å²) in [5, 5.41) is 13.3. The van der Waals surface area contributed by atoms with Crippen LogP contribution in [0, 0.1) is 0 Å². The number of fused-ring (bicyclic) bond motifs is 1. The van der Waals surface area contributed by atoms with Gasteiger partial charge in [0.2, 0.25) is 11.8 Å². The van der Waals surface area contributed by atoms with E-state index in [1.807, 2.05) is 40.6 Å². The molecule has 2 fully saturated rings. The number of carbonyl (C=O) groups is 3. The first-order chi connectivity index (χ1) is 14.6. The zero-order valence-electron chi connectivity index (χ0n) is 16.6. The summed E-state index contributed by atoms with van der Waals surface area (Å²) in [5.74, 6) is -2.45. The van der Waals surface area contributed by atoms with E-state index in [9.17, 15) is 22.8 Å². The molecular formula is C19H21F3N4O4S. The van der Waals surface area contributed by atoms with Gasteiger partial charge < -0.3 is 14.9 Å². The molecule has 2 aromatic heterocycles. The summed E-state index contributed by atoms with van der Waals surface area (Å²) in [6.07, 6.45) is 1.06. The SMILES string of the molecule is Cn1cc(N2C(=O)CC[C@@H]3[C@H]2CCN3C(=O)Cc2cccs2)cn1.O=C(O)C(F)(F)F. The standard InChI is InChI=1S/C17H20N4O2S.C2HF3O2/c1-19-11-12(10-18-19)21-15-6-7-20(14(15)4-5-16(21)22)17(23)9-13-3-2-8-24-13;3-2(4,5)1(6)7/h2-3,8,10-11,14-15H,4-7,9H2,1H3;(H,6,7)/t14-,15-;/m1./s1. The first kappa shape index (κ1) is 22.8. The largest absolute Gasteiger partial charge is 0.490 e. The van der Waals surface area contributed by atoms with Gasteiger partial charge in [-0.25, -0.2) is 4.79 Å². The van der Waals surface area contributed by atoms with Gasteiger partial charge in [-0.3, -0.25) is 14.3 Å². The molecule has 0 spiro atoms. The lowest BCUT2D eigenvalue weighted by Crippen LogP contribution is -2.53. The third-order valence-corrected chi connectivity index (χ3v) is 6.08. The molecule has 31 heavy (non-hydrogen) atoms. The van der Waals surface area contributed by atoms with Crippen LogP contribution in [0.15, 0.2) is 29.9 Å². The van der Waals surface area contributed by atoms with E-state index in [1.165, 1.54) is 0 Å². The summed E-state index contributed by atoms with van der Waals surface area (Å²) in [6.45, 7) is 0.726. The normalized spacial score (nSPS) is 20.8. The molecule has 0 saturated carbocycles. The maximum Gasteiger partial charge on any atom is 0.490 e. The van der Waals surface area contributed by atoms with E-state index < -0.39 is 12.1 Å². The molecule has 0 aromatic carbocycles. The van der Waals surface area contributed by atoms with Gasteiger partial charge in [-0.2, -0.15) is 18.3 Å². The van der Waals surface area contributed by atoms with E-state index in [1.54, 1.807) is 22.2 Å². The fourth-order valence-corrected chi connectivity index (χ4v) is 4.60. The van der Waals surface area contributed by atoms with Crippen molar-refractivity contribution in [3.05, 3.63) is 34.8 Å². The van der Waals surface area contributed by atoms with Gasteiger partial charge in [-0.15, -0.1) is 11.3 Å². The molecule has 2 amide bonds. The summed E-state index contributed by atoms with van der Waals surface area (Å²) >= 11 is 1.62. The van der Waals surface area contributed by atoms with Crippen LogP contribution in [0.25, 0.3) is 0 Å². The summed E-state index contributed by atoms with van der Waals surface area (Å²) in [6, 6.07) is 4.17. The third kappa shape index (κ3) is 5.24. The Kier molecular flexibility index (Phi) is 6.68. The number of thiophene rings is 1. The molecule has 0 bridgehead atoms. The maximum absolute atomic E-state index is 12.7. The molecular weight excluding hydrogens is 437 g/mol. The van der Waals surface area contributed by atoms with Crippen LogP contribution in [0.4, 0.5) is 18.9 Å². The van der Waals surface area contributed by atoms with E-state index in [4.69, 9.17) is 9.90 Å². The van der Waals surface area contributed by atoms with Crippen LogP contribution in [0.5, 0.6) is 0 Å². The second-order valence-corrected chi connectivity index (χ2v) is 8.28. The zero-order chi connectivity index (χ0) is 22.8. The average Bonchev–Trinajstić information content (AvgIpc) is 3.42. The lowest BCUT2D eigenvalue weighted by molar-refractivity contribution is -0.192. The van der Waals surface area contributed by atoms with Crippen LogP contribution >= 0.6 is 11.3 Å². The van der Waals surface area contributed by atoms with Crippen LogP contribution in [0.3, 0.4) is 0 Å². The van der Waals surface area contributed by atoms with Crippen molar-refractivity contribution < 1.29 is 32.7 Å². The molecule has 2 atom stereocenters. The molecule has 0 aliphatic carbocycles. The van der Waals surface area contributed by atoms with Crippen molar-refractivity contribution in [3.8, 4) is 0 Å². The Hall–Kier alpha value is -2.89. The quantitative estimate of drug-likeness (QED) is 0.763. The summed E-state index contributed by atoms with van der Waals surface area (Å²) in [4.78, 5) is 39.0. The van der Waals surface area contributed by atoms with Gasteiger partial charge in [0.05, 0.1) is 30.4 Å². The molecule has 4 rings (SSSR count). The number of aromatic nitrogens is 2. The van der Waals surface area contributed by atoms with E-state index in [0.717, 1.165) is 30.0 Å². The Morgan fingerprint density at radius 3 is 2.55 bits per heavy atom. The highest BCUT2D eigenvalue weighted by atomic mass is 32.1. The zero-order valence-corrected chi connectivity index (χ0v) is 17.4. The average molecular weight is 458 g/mol. The molecule has 2 aromatic rings. The van der Waals surface area contributed by atoms with Crippen molar-refractivity contribution in [2.75, 3.05) is 11.4 Å². The van der Waals surface area contributed by atoms with Gasteiger partial charge in [0.25, 0.3) is 0 Å². The predicted octanol–water partition coefficient (Wildman–Crippen LogP) is 2.45. The van der Waals surface area contributed by atoms with Crippen molar-refractivity contribution in [2.45, 2.75) is 43.9 Å². The summed E-state index contributed by atoms with van der Waals surface area (Å²) in [7, 11) is 1.85. The highest BCUT2D eigenvalue weighted by molar-refractivity contribution is 7.10.